The first kappa shape index (κ1) is 11.5. The summed E-state index contributed by atoms with van der Waals surface area (Å²) in [6.45, 7) is 11.2. The Hall–Kier alpha value is -1.50. The standard InChI is InChI=1S/C10H10O.C2H6/c1-3-8-6-5-7-10(11)9(8)4-2;1-2/h3-7,11H,1-2H2;1-2H3. The monoisotopic (exact) mass is 176 g/mol. The van der Waals surface area contributed by atoms with Crippen LogP contribution in [0.5, 0.6) is 5.75 Å². The molecule has 1 aromatic carbocycles. The van der Waals surface area contributed by atoms with Gasteiger partial charge in [-0.2, -0.15) is 0 Å². The van der Waals surface area contributed by atoms with Crippen LogP contribution in [0.1, 0.15) is 25.0 Å². The van der Waals surface area contributed by atoms with Crippen molar-refractivity contribution in [3.05, 3.63) is 42.5 Å². The van der Waals surface area contributed by atoms with Crippen molar-refractivity contribution in [3.63, 3.8) is 0 Å². The van der Waals surface area contributed by atoms with Crippen LogP contribution >= 0.6 is 0 Å². The van der Waals surface area contributed by atoms with Crippen molar-refractivity contribution >= 4 is 12.2 Å². The van der Waals surface area contributed by atoms with Crippen molar-refractivity contribution in [2.24, 2.45) is 0 Å². The van der Waals surface area contributed by atoms with Crippen LogP contribution in [-0.2, 0) is 0 Å². The van der Waals surface area contributed by atoms with Gasteiger partial charge in [-0.15, -0.1) is 0 Å². The molecule has 13 heavy (non-hydrogen) atoms. The van der Waals surface area contributed by atoms with Gasteiger partial charge in [0.25, 0.3) is 0 Å². The minimum atomic E-state index is 0.248. The molecule has 0 fully saturated rings. The Kier molecular flexibility index (Phi) is 5.37. The summed E-state index contributed by atoms with van der Waals surface area (Å²) >= 11 is 0. The van der Waals surface area contributed by atoms with E-state index < -0.39 is 0 Å². The molecule has 0 amide bonds. The van der Waals surface area contributed by atoms with E-state index in [1.807, 2.05) is 19.9 Å². The van der Waals surface area contributed by atoms with E-state index in [1.165, 1.54) is 0 Å². The zero-order chi connectivity index (χ0) is 10.3. The van der Waals surface area contributed by atoms with Gasteiger partial charge in [-0.25, -0.2) is 0 Å². The SMILES string of the molecule is C=Cc1cccc(O)c1C=C.CC. The van der Waals surface area contributed by atoms with E-state index in [1.54, 1.807) is 24.3 Å². The molecule has 70 valence electrons. The van der Waals surface area contributed by atoms with Gasteiger partial charge < -0.3 is 5.11 Å². The second-order valence-electron chi connectivity index (χ2n) is 2.19. The van der Waals surface area contributed by atoms with Gasteiger partial charge in [0.2, 0.25) is 0 Å². The predicted octanol–water partition coefficient (Wildman–Crippen LogP) is 3.70. The van der Waals surface area contributed by atoms with Gasteiger partial charge >= 0.3 is 0 Å². The summed E-state index contributed by atoms with van der Waals surface area (Å²) in [5.74, 6) is 0.248. The van der Waals surface area contributed by atoms with Gasteiger partial charge in [0.05, 0.1) is 0 Å². The first-order valence-electron chi connectivity index (χ1n) is 4.36. The summed E-state index contributed by atoms with van der Waals surface area (Å²) in [4.78, 5) is 0. The molecule has 0 saturated carbocycles. The summed E-state index contributed by atoms with van der Waals surface area (Å²) in [5, 5.41) is 9.30. The zero-order valence-electron chi connectivity index (χ0n) is 8.25. The highest BCUT2D eigenvalue weighted by Gasteiger charge is 1.98. The van der Waals surface area contributed by atoms with E-state index in [2.05, 4.69) is 13.2 Å². The van der Waals surface area contributed by atoms with Crippen molar-refractivity contribution in [1.82, 2.24) is 0 Å². The van der Waals surface area contributed by atoms with Crippen LogP contribution < -0.4 is 0 Å². The first-order chi connectivity index (χ1) is 6.29. The lowest BCUT2D eigenvalue weighted by atomic mass is 10.1. The Morgan fingerprint density at radius 3 is 2.15 bits per heavy atom. The Labute approximate surface area is 80.0 Å². The maximum absolute atomic E-state index is 9.30. The first-order valence-corrected chi connectivity index (χ1v) is 4.36. The van der Waals surface area contributed by atoms with E-state index >= 15 is 0 Å². The van der Waals surface area contributed by atoms with E-state index in [4.69, 9.17) is 0 Å². The predicted molar refractivity (Wildman–Crippen MR) is 59.6 cm³/mol. The number of phenolic OH excluding ortho intramolecular Hbond substituents is 1. The Morgan fingerprint density at radius 2 is 1.77 bits per heavy atom. The number of benzene rings is 1. The minimum Gasteiger partial charge on any atom is -0.507 e. The van der Waals surface area contributed by atoms with Crippen LogP contribution in [0.25, 0.3) is 12.2 Å². The third-order valence-corrected chi connectivity index (χ3v) is 1.54. The van der Waals surface area contributed by atoms with Gasteiger partial charge in [0.1, 0.15) is 5.75 Å². The molecule has 1 heteroatoms. The number of hydrogen-bond donors (Lipinski definition) is 1. The Bertz CT molecular complexity index is 287. The van der Waals surface area contributed by atoms with Crippen molar-refractivity contribution < 1.29 is 5.11 Å². The average molecular weight is 176 g/mol. The van der Waals surface area contributed by atoms with E-state index in [0.29, 0.717) is 0 Å². The molecule has 1 aromatic rings. The van der Waals surface area contributed by atoms with Crippen LogP contribution in [0.4, 0.5) is 0 Å². The van der Waals surface area contributed by atoms with Crippen molar-refractivity contribution in [1.29, 1.82) is 0 Å². The third-order valence-electron chi connectivity index (χ3n) is 1.54. The van der Waals surface area contributed by atoms with Crippen LogP contribution in [-0.4, -0.2) is 5.11 Å². The quantitative estimate of drug-likeness (QED) is 0.728. The molecule has 1 N–H and O–H groups in total. The molecule has 0 atom stereocenters. The number of aromatic hydroxyl groups is 1. The molecule has 0 aliphatic carbocycles. The second-order valence-corrected chi connectivity index (χ2v) is 2.19. The van der Waals surface area contributed by atoms with Gasteiger partial charge in [-0.05, 0) is 11.6 Å². The molecule has 0 bridgehead atoms. The fraction of sp³-hybridized carbons (Fsp3) is 0.167. The van der Waals surface area contributed by atoms with Crippen LogP contribution in [0.3, 0.4) is 0 Å². The van der Waals surface area contributed by atoms with E-state index in [9.17, 15) is 5.11 Å². The van der Waals surface area contributed by atoms with Crippen molar-refractivity contribution in [2.45, 2.75) is 13.8 Å². The molecular weight excluding hydrogens is 160 g/mol. The maximum atomic E-state index is 9.30. The highest BCUT2D eigenvalue weighted by Crippen LogP contribution is 2.22. The van der Waals surface area contributed by atoms with Crippen LogP contribution in [0.2, 0.25) is 0 Å². The Balaban J connectivity index is 0.000000671. The molecule has 0 aliphatic heterocycles. The molecule has 0 saturated heterocycles. The second kappa shape index (κ2) is 6.06. The molecule has 0 unspecified atom stereocenters. The lowest BCUT2D eigenvalue weighted by molar-refractivity contribution is 0.474. The van der Waals surface area contributed by atoms with Gasteiger partial charge in [-0.1, -0.05) is 51.3 Å². The summed E-state index contributed by atoms with van der Waals surface area (Å²) < 4.78 is 0. The summed E-state index contributed by atoms with van der Waals surface area (Å²) in [6.07, 6.45) is 3.31. The van der Waals surface area contributed by atoms with Gasteiger partial charge in [0, 0.05) is 5.56 Å². The summed E-state index contributed by atoms with van der Waals surface area (Å²) in [5.41, 5.74) is 1.64. The van der Waals surface area contributed by atoms with Crippen molar-refractivity contribution in [2.75, 3.05) is 0 Å². The smallest absolute Gasteiger partial charge is 0.123 e. The maximum Gasteiger partial charge on any atom is 0.123 e. The molecular formula is C12H16O. The third kappa shape index (κ3) is 2.79. The lowest BCUT2D eigenvalue weighted by Crippen LogP contribution is -1.79. The topological polar surface area (TPSA) is 20.2 Å². The molecule has 0 aromatic heterocycles. The largest absolute Gasteiger partial charge is 0.507 e. The molecule has 0 heterocycles. The minimum absolute atomic E-state index is 0.248. The molecule has 0 radical (unpaired) electrons. The fourth-order valence-corrected chi connectivity index (χ4v) is 0.971. The van der Waals surface area contributed by atoms with Crippen LogP contribution in [0, 0.1) is 0 Å². The van der Waals surface area contributed by atoms with Gasteiger partial charge in [0.15, 0.2) is 0 Å². The number of rotatable bonds is 2. The highest BCUT2D eigenvalue weighted by atomic mass is 16.3. The Morgan fingerprint density at radius 1 is 1.15 bits per heavy atom. The molecule has 0 aliphatic rings. The van der Waals surface area contributed by atoms with Gasteiger partial charge in [-0.3, -0.25) is 0 Å². The molecule has 1 rings (SSSR count). The normalized spacial score (nSPS) is 8.15. The number of phenols is 1. The molecule has 1 nitrogen and oxygen atoms in total. The lowest BCUT2D eigenvalue weighted by Gasteiger charge is -2.01. The average Bonchev–Trinajstić information content (AvgIpc) is 2.20. The molecule has 0 spiro atoms. The summed E-state index contributed by atoms with van der Waals surface area (Å²) in [7, 11) is 0. The van der Waals surface area contributed by atoms with E-state index in [0.717, 1.165) is 11.1 Å². The van der Waals surface area contributed by atoms with Crippen molar-refractivity contribution in [3.8, 4) is 5.75 Å². The van der Waals surface area contributed by atoms with Crippen LogP contribution in [0.15, 0.2) is 31.4 Å². The zero-order valence-corrected chi connectivity index (χ0v) is 8.25. The number of hydrogen-bond acceptors (Lipinski definition) is 1. The van der Waals surface area contributed by atoms with E-state index in [-0.39, 0.29) is 5.75 Å². The fourth-order valence-electron chi connectivity index (χ4n) is 0.971. The summed E-state index contributed by atoms with van der Waals surface area (Å²) in [6, 6.07) is 5.28. The highest BCUT2D eigenvalue weighted by molar-refractivity contribution is 5.68.